The normalized spacial score (nSPS) is 27.2. The fraction of sp³-hybridized carbons (Fsp3) is 0.552. The first kappa shape index (κ1) is 23.2. The van der Waals surface area contributed by atoms with Gasteiger partial charge < -0.3 is 14.8 Å². The zero-order chi connectivity index (χ0) is 24.1. The molecule has 182 valence electrons. The van der Waals surface area contributed by atoms with Gasteiger partial charge in [0.15, 0.2) is 0 Å². The Bertz CT molecular complexity index is 1050. The molecular formula is C29H38N2O3. The van der Waals surface area contributed by atoms with E-state index in [4.69, 9.17) is 9.47 Å². The van der Waals surface area contributed by atoms with Crippen LogP contribution < -0.4 is 10.1 Å². The van der Waals surface area contributed by atoms with E-state index in [1.165, 1.54) is 22.3 Å². The molecule has 0 unspecified atom stereocenters. The van der Waals surface area contributed by atoms with Gasteiger partial charge in [0.25, 0.3) is 0 Å². The Morgan fingerprint density at radius 2 is 1.71 bits per heavy atom. The molecule has 1 aliphatic carbocycles. The van der Waals surface area contributed by atoms with Crippen molar-refractivity contribution < 1.29 is 14.3 Å². The Labute approximate surface area is 203 Å². The summed E-state index contributed by atoms with van der Waals surface area (Å²) < 4.78 is 11.9. The Balaban J connectivity index is 1.29. The van der Waals surface area contributed by atoms with Crippen molar-refractivity contribution >= 4 is 6.09 Å². The summed E-state index contributed by atoms with van der Waals surface area (Å²) >= 11 is 0. The van der Waals surface area contributed by atoms with Crippen molar-refractivity contribution in [3.05, 3.63) is 53.6 Å². The molecule has 3 fully saturated rings. The van der Waals surface area contributed by atoms with Gasteiger partial charge in [-0.05, 0) is 98.8 Å². The van der Waals surface area contributed by atoms with Crippen LogP contribution in [0.1, 0.15) is 64.6 Å². The first-order valence-electron chi connectivity index (χ1n) is 12.7. The minimum Gasteiger partial charge on any atom is -0.488 e. The number of amides is 1. The van der Waals surface area contributed by atoms with Gasteiger partial charge in [-0.1, -0.05) is 44.2 Å². The number of hydrogen-bond donors (Lipinski definition) is 1. The van der Waals surface area contributed by atoms with Crippen LogP contribution in [0.5, 0.6) is 5.75 Å². The summed E-state index contributed by atoms with van der Waals surface area (Å²) in [6.45, 7) is 13.8. The third-order valence-electron chi connectivity index (χ3n) is 7.61. The highest BCUT2D eigenvalue weighted by Gasteiger charge is 2.42. The molecule has 3 aliphatic heterocycles. The van der Waals surface area contributed by atoms with Crippen LogP contribution in [0.15, 0.2) is 42.5 Å². The van der Waals surface area contributed by atoms with Crippen LogP contribution in [0.3, 0.4) is 0 Å². The number of rotatable bonds is 4. The number of fused-ring (bicyclic) bond motifs is 4. The van der Waals surface area contributed by atoms with Crippen molar-refractivity contribution in [2.75, 3.05) is 19.6 Å². The number of hydrogen-bond acceptors (Lipinski definition) is 4. The zero-order valence-electron chi connectivity index (χ0n) is 21.2. The molecule has 0 spiro atoms. The van der Waals surface area contributed by atoms with Gasteiger partial charge in [0, 0.05) is 6.54 Å². The molecule has 0 saturated carbocycles. The molecule has 5 nitrogen and oxygen atoms in total. The molecule has 0 aromatic heterocycles. The van der Waals surface area contributed by atoms with Crippen LogP contribution in [-0.4, -0.2) is 42.3 Å². The Morgan fingerprint density at radius 3 is 2.32 bits per heavy atom. The third kappa shape index (κ3) is 4.81. The van der Waals surface area contributed by atoms with Crippen molar-refractivity contribution in [1.82, 2.24) is 10.2 Å². The van der Waals surface area contributed by atoms with E-state index in [0.717, 1.165) is 44.6 Å². The lowest BCUT2D eigenvalue weighted by atomic mass is 9.85. The number of alkyl carbamates (subject to hydrolysis) is 1. The molecule has 2 bridgehead atoms. The Morgan fingerprint density at radius 1 is 1.03 bits per heavy atom. The van der Waals surface area contributed by atoms with Crippen LogP contribution in [0.4, 0.5) is 4.79 Å². The quantitative estimate of drug-likeness (QED) is 0.608. The fourth-order valence-corrected chi connectivity index (χ4v) is 5.91. The summed E-state index contributed by atoms with van der Waals surface area (Å²) in [6, 6.07) is 14.9. The largest absolute Gasteiger partial charge is 0.488 e. The van der Waals surface area contributed by atoms with E-state index >= 15 is 0 Å². The molecule has 4 aliphatic rings. The summed E-state index contributed by atoms with van der Waals surface area (Å²) in [4.78, 5) is 15.3. The van der Waals surface area contributed by atoms with Gasteiger partial charge >= 0.3 is 6.09 Å². The van der Waals surface area contributed by atoms with E-state index in [1.54, 1.807) is 0 Å². The number of carbonyl (C=O) groups excluding carboxylic acids is 1. The van der Waals surface area contributed by atoms with E-state index < -0.39 is 0 Å². The Kier molecular flexibility index (Phi) is 5.87. The van der Waals surface area contributed by atoms with Gasteiger partial charge in [-0.2, -0.15) is 0 Å². The average molecular weight is 463 g/mol. The van der Waals surface area contributed by atoms with Crippen molar-refractivity contribution in [3.63, 3.8) is 0 Å². The number of carbonyl (C=O) groups is 1. The van der Waals surface area contributed by atoms with E-state index in [9.17, 15) is 4.79 Å². The fourth-order valence-electron chi connectivity index (χ4n) is 5.91. The summed E-state index contributed by atoms with van der Waals surface area (Å²) in [5.41, 5.74) is 4.57. The molecule has 3 saturated heterocycles. The lowest BCUT2D eigenvalue weighted by Gasteiger charge is -2.44. The number of nitrogens with one attached hydrogen (secondary N) is 1. The van der Waals surface area contributed by atoms with Crippen LogP contribution in [0.25, 0.3) is 11.1 Å². The van der Waals surface area contributed by atoms with Crippen LogP contribution in [0, 0.1) is 11.3 Å². The average Bonchev–Trinajstić information content (AvgIpc) is 3.02. The first-order valence-corrected chi connectivity index (χ1v) is 12.7. The summed E-state index contributed by atoms with van der Waals surface area (Å²) in [5.74, 6) is 1.40. The Hall–Kier alpha value is -2.53. The maximum atomic E-state index is 12.9. The number of ether oxygens (including phenoxy) is 2. The number of nitrogens with zero attached hydrogens (tertiary/aromatic N) is 1. The maximum absolute atomic E-state index is 12.9. The van der Waals surface area contributed by atoms with Gasteiger partial charge in [0.05, 0.1) is 6.04 Å². The maximum Gasteiger partial charge on any atom is 0.407 e. The molecule has 1 amide bonds. The molecule has 2 aromatic carbocycles. The van der Waals surface area contributed by atoms with E-state index in [1.807, 2.05) is 12.1 Å². The molecule has 34 heavy (non-hydrogen) atoms. The highest BCUT2D eigenvalue weighted by atomic mass is 16.6. The summed E-state index contributed by atoms with van der Waals surface area (Å²) in [5, 5.41) is 3.22. The molecule has 0 radical (unpaired) electrons. The van der Waals surface area contributed by atoms with Gasteiger partial charge in [-0.15, -0.1) is 0 Å². The van der Waals surface area contributed by atoms with Crippen molar-refractivity contribution in [1.29, 1.82) is 0 Å². The SMILES string of the molecule is CC(C)(C)Oc1ccc(-c2ccc3c(c2)CC(C)(C)[C@H]3NC(=O)O[C@H]2CN3CCC2CC3)cc1. The van der Waals surface area contributed by atoms with Gasteiger partial charge in [-0.3, -0.25) is 4.90 Å². The second kappa shape index (κ2) is 8.60. The van der Waals surface area contributed by atoms with Gasteiger partial charge in [0.2, 0.25) is 0 Å². The van der Waals surface area contributed by atoms with Gasteiger partial charge in [-0.25, -0.2) is 4.79 Å². The third-order valence-corrected chi connectivity index (χ3v) is 7.61. The van der Waals surface area contributed by atoms with E-state index in [2.05, 4.69) is 75.2 Å². The smallest absolute Gasteiger partial charge is 0.407 e. The van der Waals surface area contributed by atoms with E-state index in [0.29, 0.717) is 5.92 Å². The summed E-state index contributed by atoms with van der Waals surface area (Å²) in [7, 11) is 0. The monoisotopic (exact) mass is 462 g/mol. The van der Waals surface area contributed by atoms with Gasteiger partial charge in [0.1, 0.15) is 17.5 Å². The predicted octanol–water partition coefficient (Wildman–Crippen LogP) is 5.97. The minimum absolute atomic E-state index is 0.0269. The van der Waals surface area contributed by atoms with Crippen LogP contribution >= 0.6 is 0 Å². The van der Waals surface area contributed by atoms with Crippen molar-refractivity contribution in [2.45, 2.75) is 71.6 Å². The first-order chi connectivity index (χ1) is 16.1. The van der Waals surface area contributed by atoms with Crippen LogP contribution in [0.2, 0.25) is 0 Å². The van der Waals surface area contributed by atoms with Crippen LogP contribution in [-0.2, 0) is 11.2 Å². The molecular weight excluding hydrogens is 424 g/mol. The predicted molar refractivity (Wildman–Crippen MR) is 135 cm³/mol. The molecule has 2 aromatic rings. The topological polar surface area (TPSA) is 50.8 Å². The highest BCUT2D eigenvalue weighted by Crippen LogP contribution is 2.46. The second-order valence-corrected chi connectivity index (χ2v) is 12.0. The molecule has 5 heteroatoms. The number of benzene rings is 2. The molecule has 3 heterocycles. The molecule has 1 N–H and O–H groups in total. The minimum atomic E-state index is -0.275. The number of piperidine rings is 3. The lowest BCUT2D eigenvalue weighted by Crippen LogP contribution is -2.53. The van der Waals surface area contributed by atoms with Crippen molar-refractivity contribution in [3.8, 4) is 16.9 Å². The molecule has 2 atom stereocenters. The molecule has 6 rings (SSSR count). The summed E-state index contributed by atoms with van der Waals surface area (Å²) in [6.07, 6.45) is 2.96. The highest BCUT2D eigenvalue weighted by molar-refractivity contribution is 5.70. The standard InChI is InChI=1S/C29H38N2O3/c1-28(2,3)34-23-9-6-19(7-10-23)21-8-11-24-22(16-21)17-29(4,5)26(24)30-27(32)33-25-18-31-14-12-20(25)13-15-31/h6-11,16,20,25-26H,12-15,17-18H2,1-5H3,(H,30,32)/t25-,26-/m0/s1. The lowest BCUT2D eigenvalue weighted by molar-refractivity contribution is -0.0348. The van der Waals surface area contributed by atoms with E-state index in [-0.39, 0.29) is 29.3 Å². The van der Waals surface area contributed by atoms with Crippen molar-refractivity contribution in [2.24, 2.45) is 11.3 Å². The zero-order valence-corrected chi connectivity index (χ0v) is 21.2. The second-order valence-electron chi connectivity index (χ2n) is 12.0.